The molecule has 0 rings (SSSR count). The van der Waals surface area contributed by atoms with E-state index >= 15 is 0 Å². The summed E-state index contributed by atoms with van der Waals surface area (Å²) in [5, 5.41) is 23.3. The van der Waals surface area contributed by atoms with Gasteiger partial charge in [0.25, 0.3) is 0 Å². The van der Waals surface area contributed by atoms with Crippen LogP contribution in [-0.4, -0.2) is 47.4 Å². The van der Waals surface area contributed by atoms with Crippen molar-refractivity contribution in [1.29, 1.82) is 0 Å². The molecule has 0 heterocycles. The average Bonchev–Trinajstić information content (AvgIpc) is 3.34. The summed E-state index contributed by atoms with van der Waals surface area (Å²) in [5.74, 6) is -0.0538. The van der Waals surface area contributed by atoms with Crippen LogP contribution in [0, 0.1) is 0 Å². The van der Waals surface area contributed by atoms with E-state index in [1.54, 1.807) is 0 Å². The molecule has 398 valence electrons. The first kappa shape index (κ1) is 65.8. The molecule has 0 aliphatic heterocycles. The van der Waals surface area contributed by atoms with Crippen LogP contribution in [0.2, 0.25) is 0 Å². The predicted octanol–water partition coefficient (Wildman–Crippen LogP) is 18.6. The van der Waals surface area contributed by atoms with Crippen LogP contribution in [0.25, 0.3) is 0 Å². The Kier molecular flexibility index (Phi) is 55.6. The smallest absolute Gasteiger partial charge is 0.305 e. The molecular weight excluding hydrogens is 839 g/mol. The number of aliphatic hydroxyl groups excluding tert-OH is 2. The zero-order valence-corrected chi connectivity index (χ0v) is 45.3. The fraction of sp³-hybridized carbons (Fsp3) is 0.839. The van der Waals surface area contributed by atoms with Gasteiger partial charge in [-0.3, -0.25) is 9.59 Å². The molecule has 6 nitrogen and oxygen atoms in total. The highest BCUT2D eigenvalue weighted by Gasteiger charge is 2.20. The maximum absolute atomic E-state index is 12.5. The van der Waals surface area contributed by atoms with Gasteiger partial charge in [-0.1, -0.05) is 262 Å². The number of carbonyl (C=O) groups is 2. The molecule has 0 aromatic rings. The van der Waals surface area contributed by atoms with Gasteiger partial charge in [0.2, 0.25) is 5.91 Å². The largest absolute Gasteiger partial charge is 0.466 e. The molecule has 0 aliphatic rings. The lowest BCUT2D eigenvalue weighted by Crippen LogP contribution is -2.45. The molecule has 68 heavy (non-hydrogen) atoms. The quantitative estimate of drug-likeness (QED) is 0.0321. The third-order valence-corrected chi connectivity index (χ3v) is 13.6. The third-order valence-electron chi connectivity index (χ3n) is 13.6. The molecule has 0 saturated carbocycles. The lowest BCUT2D eigenvalue weighted by Gasteiger charge is -2.22. The van der Waals surface area contributed by atoms with Crippen molar-refractivity contribution in [2.75, 3.05) is 13.2 Å². The SMILES string of the molecule is CCC/C=C\C/C=C\CCCCCCCC(=O)OCCCCCCCCCCC/C=C\C/C=C\CCCCCCCCCC(=O)NC(CO)C(O)CCCCCCCCCCCCCCCCC. The highest BCUT2D eigenvalue weighted by Crippen LogP contribution is 2.17. The summed E-state index contributed by atoms with van der Waals surface area (Å²) in [7, 11) is 0. The summed E-state index contributed by atoms with van der Waals surface area (Å²) in [4.78, 5) is 24.5. The number of esters is 1. The molecule has 0 bridgehead atoms. The van der Waals surface area contributed by atoms with Crippen LogP contribution in [0.1, 0.15) is 309 Å². The van der Waals surface area contributed by atoms with Crippen LogP contribution in [0.4, 0.5) is 0 Å². The Bertz CT molecular complexity index is 1150. The number of rotatable bonds is 55. The Labute approximate surface area is 423 Å². The maximum atomic E-state index is 12.5. The highest BCUT2D eigenvalue weighted by atomic mass is 16.5. The number of allylic oxidation sites excluding steroid dienone is 8. The van der Waals surface area contributed by atoms with E-state index in [0.717, 1.165) is 70.6 Å². The van der Waals surface area contributed by atoms with Gasteiger partial charge in [0, 0.05) is 12.8 Å². The molecule has 2 atom stereocenters. The number of amides is 1. The minimum absolute atomic E-state index is 0.00872. The first-order chi connectivity index (χ1) is 33.5. The summed E-state index contributed by atoms with van der Waals surface area (Å²) in [6.45, 7) is 4.88. The number of hydrogen-bond donors (Lipinski definition) is 3. The van der Waals surface area contributed by atoms with Gasteiger partial charge < -0.3 is 20.3 Å². The van der Waals surface area contributed by atoms with Crippen molar-refractivity contribution in [2.24, 2.45) is 0 Å². The Hall–Kier alpha value is -2.18. The molecule has 0 aliphatic carbocycles. The van der Waals surface area contributed by atoms with Crippen molar-refractivity contribution in [3.63, 3.8) is 0 Å². The van der Waals surface area contributed by atoms with Crippen molar-refractivity contribution in [3.05, 3.63) is 48.6 Å². The lowest BCUT2D eigenvalue weighted by molar-refractivity contribution is -0.143. The molecule has 0 aromatic heterocycles. The fourth-order valence-corrected chi connectivity index (χ4v) is 9.00. The van der Waals surface area contributed by atoms with Gasteiger partial charge in [-0.2, -0.15) is 0 Å². The molecule has 0 radical (unpaired) electrons. The van der Waals surface area contributed by atoms with E-state index in [2.05, 4.69) is 67.8 Å². The van der Waals surface area contributed by atoms with E-state index in [0.29, 0.717) is 25.9 Å². The van der Waals surface area contributed by atoms with Crippen LogP contribution >= 0.6 is 0 Å². The predicted molar refractivity (Wildman–Crippen MR) is 296 cm³/mol. The average molecular weight is 955 g/mol. The van der Waals surface area contributed by atoms with E-state index in [1.807, 2.05) is 0 Å². The Balaban J connectivity index is 3.46. The molecule has 1 amide bonds. The van der Waals surface area contributed by atoms with E-state index < -0.39 is 12.1 Å². The number of carbonyl (C=O) groups excluding carboxylic acids is 2. The van der Waals surface area contributed by atoms with Gasteiger partial charge in [-0.25, -0.2) is 0 Å². The Morgan fingerprint density at radius 2 is 0.765 bits per heavy atom. The normalized spacial score (nSPS) is 12.9. The molecule has 2 unspecified atom stereocenters. The lowest BCUT2D eigenvalue weighted by atomic mass is 10.0. The van der Waals surface area contributed by atoms with Crippen molar-refractivity contribution in [2.45, 2.75) is 321 Å². The first-order valence-electron chi connectivity index (χ1n) is 29.9. The maximum Gasteiger partial charge on any atom is 0.305 e. The van der Waals surface area contributed by atoms with Crippen LogP contribution < -0.4 is 5.32 Å². The molecule has 6 heteroatoms. The van der Waals surface area contributed by atoms with E-state index in [1.165, 1.54) is 205 Å². The second-order valence-electron chi connectivity index (χ2n) is 20.3. The van der Waals surface area contributed by atoms with Gasteiger partial charge in [0.15, 0.2) is 0 Å². The zero-order chi connectivity index (χ0) is 49.3. The van der Waals surface area contributed by atoms with Gasteiger partial charge in [0.05, 0.1) is 25.4 Å². The molecule has 3 N–H and O–H groups in total. The van der Waals surface area contributed by atoms with Crippen molar-refractivity contribution in [3.8, 4) is 0 Å². The van der Waals surface area contributed by atoms with Gasteiger partial charge in [-0.15, -0.1) is 0 Å². The number of nitrogens with one attached hydrogen (secondary N) is 1. The minimum Gasteiger partial charge on any atom is -0.466 e. The van der Waals surface area contributed by atoms with E-state index in [4.69, 9.17) is 4.74 Å². The second-order valence-corrected chi connectivity index (χ2v) is 20.3. The van der Waals surface area contributed by atoms with Crippen molar-refractivity contribution < 1.29 is 24.5 Å². The number of hydrogen-bond acceptors (Lipinski definition) is 5. The molecule has 0 spiro atoms. The van der Waals surface area contributed by atoms with E-state index in [-0.39, 0.29) is 18.5 Å². The van der Waals surface area contributed by atoms with Gasteiger partial charge >= 0.3 is 5.97 Å². The van der Waals surface area contributed by atoms with E-state index in [9.17, 15) is 19.8 Å². The zero-order valence-electron chi connectivity index (χ0n) is 45.3. The summed E-state index contributed by atoms with van der Waals surface area (Å²) in [5.41, 5.74) is 0. The molecule has 0 aromatic carbocycles. The summed E-state index contributed by atoms with van der Waals surface area (Å²) in [6, 6.07) is -0.550. The highest BCUT2D eigenvalue weighted by molar-refractivity contribution is 5.76. The van der Waals surface area contributed by atoms with Crippen LogP contribution in [0.3, 0.4) is 0 Å². The summed E-state index contributed by atoms with van der Waals surface area (Å²) in [6.07, 6.45) is 72.5. The molecule has 0 fully saturated rings. The van der Waals surface area contributed by atoms with Gasteiger partial charge in [0.1, 0.15) is 0 Å². The number of aliphatic hydroxyl groups is 2. The standard InChI is InChI=1S/C62H115NO5/c1-3-5-7-9-11-13-15-17-27-31-34-38-42-46-50-54-60(65)59(58-64)63-61(66)55-51-47-43-39-35-32-28-25-23-21-19-18-20-22-24-26-29-33-37-41-45-49-53-57-68-62(67)56-52-48-44-40-36-30-16-14-12-10-8-6-4-2/h8,10,14,16,18,20-21,23,59-60,64-65H,3-7,9,11-13,15,17,19,22,24-58H2,1-2H3,(H,63,66)/b10-8-,16-14-,20-18-,23-21-. The van der Waals surface area contributed by atoms with Gasteiger partial charge in [-0.05, 0) is 83.5 Å². The molecular formula is C62H115NO5. The monoisotopic (exact) mass is 954 g/mol. The number of unbranched alkanes of at least 4 members (excludes halogenated alkanes) is 36. The van der Waals surface area contributed by atoms with Crippen LogP contribution in [0.5, 0.6) is 0 Å². The topological polar surface area (TPSA) is 95.9 Å². The van der Waals surface area contributed by atoms with Crippen molar-refractivity contribution >= 4 is 11.9 Å². The first-order valence-corrected chi connectivity index (χ1v) is 29.9. The number of ether oxygens (including phenoxy) is 1. The molecule has 0 saturated heterocycles. The minimum atomic E-state index is -0.671. The third kappa shape index (κ3) is 53.2. The summed E-state index contributed by atoms with van der Waals surface area (Å²) >= 11 is 0. The van der Waals surface area contributed by atoms with Crippen molar-refractivity contribution in [1.82, 2.24) is 5.32 Å². The van der Waals surface area contributed by atoms with Crippen LogP contribution in [-0.2, 0) is 14.3 Å². The Morgan fingerprint density at radius 1 is 0.412 bits per heavy atom. The second kappa shape index (κ2) is 57.4. The van der Waals surface area contributed by atoms with Crippen LogP contribution in [0.15, 0.2) is 48.6 Å². The summed E-state index contributed by atoms with van der Waals surface area (Å²) < 4.78 is 5.46. The Morgan fingerprint density at radius 3 is 1.18 bits per heavy atom. The fourth-order valence-electron chi connectivity index (χ4n) is 9.00.